The number of anilines is 1. The molecule has 0 aromatic heterocycles. The lowest BCUT2D eigenvalue weighted by Crippen LogP contribution is -2.24. The molecular formula is C9H9FNO3-. The molecule has 0 unspecified atom stereocenters. The van der Waals surface area contributed by atoms with Gasteiger partial charge in [0.05, 0.1) is 12.8 Å². The second kappa shape index (κ2) is 3.95. The summed E-state index contributed by atoms with van der Waals surface area (Å²) in [5, 5.41) is 10.3. The number of methoxy groups -OCH3 is 1. The molecule has 5 heteroatoms. The van der Waals surface area contributed by atoms with E-state index >= 15 is 0 Å². The lowest BCUT2D eigenvalue weighted by Gasteiger charge is -2.09. The van der Waals surface area contributed by atoms with Crippen LogP contribution in [0.1, 0.15) is 5.56 Å². The van der Waals surface area contributed by atoms with Gasteiger partial charge in [0, 0.05) is 18.5 Å². The van der Waals surface area contributed by atoms with E-state index in [0.717, 1.165) is 6.07 Å². The highest BCUT2D eigenvalue weighted by atomic mass is 19.1. The number of halogens is 1. The molecule has 0 saturated heterocycles. The first-order valence-electron chi connectivity index (χ1n) is 3.86. The van der Waals surface area contributed by atoms with Gasteiger partial charge in [-0.2, -0.15) is 0 Å². The van der Waals surface area contributed by atoms with Crippen LogP contribution in [0, 0.1) is 5.82 Å². The Balaban J connectivity index is 3.10. The lowest BCUT2D eigenvalue weighted by atomic mass is 10.1. The lowest BCUT2D eigenvalue weighted by molar-refractivity contribution is -0.304. The van der Waals surface area contributed by atoms with E-state index < -0.39 is 18.2 Å². The second-order valence-electron chi connectivity index (χ2n) is 2.73. The van der Waals surface area contributed by atoms with E-state index in [4.69, 9.17) is 10.5 Å². The average molecular weight is 198 g/mol. The first kappa shape index (κ1) is 10.3. The third kappa shape index (κ3) is 2.12. The predicted octanol–water partition coefficient (Wildman–Crippen LogP) is -0.291. The standard InChI is InChI=1S/C9H10FNO3/c1-14-8-2-5(3-9(12)13)6(10)4-7(8)11/h2,4H,3,11H2,1H3,(H,12,13)/p-1. The van der Waals surface area contributed by atoms with Gasteiger partial charge in [0.15, 0.2) is 0 Å². The monoisotopic (exact) mass is 198 g/mol. The van der Waals surface area contributed by atoms with Crippen molar-refractivity contribution >= 4 is 11.7 Å². The molecule has 1 aromatic carbocycles. The predicted molar refractivity (Wildman–Crippen MR) is 46.1 cm³/mol. The van der Waals surface area contributed by atoms with Gasteiger partial charge in [0.1, 0.15) is 11.6 Å². The van der Waals surface area contributed by atoms with Crippen molar-refractivity contribution in [2.75, 3.05) is 12.8 Å². The minimum absolute atomic E-state index is 0.00366. The van der Waals surface area contributed by atoms with Gasteiger partial charge in [-0.1, -0.05) is 0 Å². The van der Waals surface area contributed by atoms with Crippen LogP contribution in [0.25, 0.3) is 0 Å². The molecule has 14 heavy (non-hydrogen) atoms. The molecule has 0 amide bonds. The molecule has 1 aromatic rings. The average Bonchev–Trinajstić information content (AvgIpc) is 2.09. The van der Waals surface area contributed by atoms with Gasteiger partial charge in [0.25, 0.3) is 0 Å². The number of nitrogen functional groups attached to an aromatic ring is 1. The number of nitrogens with two attached hydrogens (primary N) is 1. The molecule has 2 N–H and O–H groups in total. The third-order valence-electron chi connectivity index (χ3n) is 1.73. The summed E-state index contributed by atoms with van der Waals surface area (Å²) in [6, 6.07) is 2.28. The fourth-order valence-corrected chi connectivity index (χ4v) is 1.08. The Morgan fingerprint density at radius 3 is 2.79 bits per heavy atom. The SMILES string of the molecule is COc1cc(CC(=O)[O-])c(F)cc1N. The maximum absolute atomic E-state index is 13.1. The largest absolute Gasteiger partial charge is 0.550 e. The summed E-state index contributed by atoms with van der Waals surface area (Å²) in [4.78, 5) is 10.3. The minimum Gasteiger partial charge on any atom is -0.550 e. The van der Waals surface area contributed by atoms with Gasteiger partial charge in [-0.05, 0) is 11.6 Å². The summed E-state index contributed by atoms with van der Waals surface area (Å²) in [5.74, 6) is -1.77. The molecule has 1 rings (SSSR count). The van der Waals surface area contributed by atoms with Gasteiger partial charge < -0.3 is 20.4 Å². The summed E-state index contributed by atoms with van der Waals surface area (Å²) in [7, 11) is 1.37. The van der Waals surface area contributed by atoms with E-state index in [1.807, 2.05) is 0 Å². The summed E-state index contributed by atoms with van der Waals surface area (Å²) < 4.78 is 17.9. The Kier molecular flexibility index (Phi) is 2.91. The molecule has 76 valence electrons. The maximum Gasteiger partial charge on any atom is 0.142 e. The molecule has 4 nitrogen and oxygen atoms in total. The molecule has 0 radical (unpaired) electrons. The Labute approximate surface area is 80.1 Å². The Morgan fingerprint density at radius 1 is 1.64 bits per heavy atom. The molecule has 0 atom stereocenters. The Hall–Kier alpha value is -1.78. The smallest absolute Gasteiger partial charge is 0.142 e. The molecular weight excluding hydrogens is 189 g/mol. The topological polar surface area (TPSA) is 75.4 Å². The number of carbonyl (C=O) groups is 1. The highest BCUT2D eigenvalue weighted by molar-refractivity contribution is 5.69. The minimum atomic E-state index is -1.35. The number of hydrogen-bond acceptors (Lipinski definition) is 4. The zero-order valence-corrected chi connectivity index (χ0v) is 7.54. The number of ether oxygens (including phenoxy) is 1. The van der Waals surface area contributed by atoms with E-state index in [9.17, 15) is 14.3 Å². The van der Waals surface area contributed by atoms with Crippen molar-refractivity contribution in [2.24, 2.45) is 0 Å². The van der Waals surface area contributed by atoms with Crippen LogP contribution in [0.2, 0.25) is 0 Å². The van der Waals surface area contributed by atoms with Crippen LogP contribution < -0.4 is 15.6 Å². The normalized spacial score (nSPS) is 9.86. The van der Waals surface area contributed by atoms with Gasteiger partial charge in [0.2, 0.25) is 0 Å². The van der Waals surface area contributed by atoms with Crippen LogP contribution in [0.4, 0.5) is 10.1 Å². The Morgan fingerprint density at radius 2 is 2.29 bits per heavy atom. The van der Waals surface area contributed by atoms with Crippen molar-refractivity contribution in [3.63, 3.8) is 0 Å². The molecule has 0 bridgehead atoms. The zero-order chi connectivity index (χ0) is 10.7. The van der Waals surface area contributed by atoms with Crippen molar-refractivity contribution in [1.29, 1.82) is 0 Å². The number of carbonyl (C=O) groups excluding carboxylic acids is 1. The van der Waals surface area contributed by atoms with Crippen molar-refractivity contribution in [1.82, 2.24) is 0 Å². The fraction of sp³-hybridized carbons (Fsp3) is 0.222. The summed E-state index contributed by atoms with van der Waals surface area (Å²) >= 11 is 0. The van der Waals surface area contributed by atoms with Crippen LogP contribution in [0.15, 0.2) is 12.1 Å². The first-order valence-corrected chi connectivity index (χ1v) is 3.86. The second-order valence-corrected chi connectivity index (χ2v) is 2.73. The van der Waals surface area contributed by atoms with E-state index in [-0.39, 0.29) is 17.0 Å². The van der Waals surface area contributed by atoms with Crippen LogP contribution >= 0.6 is 0 Å². The van der Waals surface area contributed by atoms with Crippen LogP contribution in [-0.2, 0) is 11.2 Å². The molecule has 0 aliphatic rings. The molecule has 0 aliphatic carbocycles. The number of carboxylic acids is 1. The maximum atomic E-state index is 13.1. The number of rotatable bonds is 3. The highest BCUT2D eigenvalue weighted by Gasteiger charge is 2.08. The summed E-state index contributed by atoms with van der Waals surface area (Å²) in [5.41, 5.74) is 5.53. The number of hydrogen-bond donors (Lipinski definition) is 1. The summed E-state index contributed by atoms with van der Waals surface area (Å²) in [6.45, 7) is 0. The van der Waals surface area contributed by atoms with E-state index in [1.165, 1.54) is 13.2 Å². The number of aliphatic carboxylic acids is 1. The first-order chi connectivity index (χ1) is 6.54. The van der Waals surface area contributed by atoms with Gasteiger partial charge in [-0.25, -0.2) is 4.39 Å². The van der Waals surface area contributed by atoms with Crippen LogP contribution in [0.5, 0.6) is 5.75 Å². The van der Waals surface area contributed by atoms with Crippen molar-refractivity contribution < 1.29 is 19.0 Å². The Bertz CT molecular complexity index is 365. The van der Waals surface area contributed by atoms with E-state index in [1.54, 1.807) is 0 Å². The van der Waals surface area contributed by atoms with E-state index in [0.29, 0.717) is 0 Å². The zero-order valence-electron chi connectivity index (χ0n) is 7.54. The van der Waals surface area contributed by atoms with Gasteiger partial charge >= 0.3 is 0 Å². The van der Waals surface area contributed by atoms with Gasteiger partial charge in [-0.15, -0.1) is 0 Å². The van der Waals surface area contributed by atoms with Crippen LogP contribution in [0.3, 0.4) is 0 Å². The number of carboxylic acid groups (broad SMARTS) is 1. The highest BCUT2D eigenvalue weighted by Crippen LogP contribution is 2.24. The van der Waals surface area contributed by atoms with Crippen molar-refractivity contribution in [2.45, 2.75) is 6.42 Å². The number of benzene rings is 1. The molecule has 0 heterocycles. The van der Waals surface area contributed by atoms with Crippen molar-refractivity contribution in [3.8, 4) is 5.75 Å². The van der Waals surface area contributed by atoms with E-state index in [2.05, 4.69) is 0 Å². The molecule has 0 fully saturated rings. The fourth-order valence-electron chi connectivity index (χ4n) is 1.08. The van der Waals surface area contributed by atoms with Crippen LogP contribution in [-0.4, -0.2) is 13.1 Å². The quantitative estimate of drug-likeness (QED) is 0.677. The van der Waals surface area contributed by atoms with Crippen molar-refractivity contribution in [3.05, 3.63) is 23.5 Å². The van der Waals surface area contributed by atoms with Gasteiger partial charge in [-0.3, -0.25) is 0 Å². The molecule has 0 aliphatic heterocycles. The third-order valence-corrected chi connectivity index (χ3v) is 1.73. The summed E-state index contributed by atoms with van der Waals surface area (Å²) in [6.07, 6.45) is -0.498. The molecule has 0 spiro atoms. The molecule has 0 saturated carbocycles.